The van der Waals surface area contributed by atoms with Crippen molar-refractivity contribution in [1.82, 2.24) is 24.9 Å². The van der Waals surface area contributed by atoms with Gasteiger partial charge >= 0.3 is 6.09 Å². The lowest BCUT2D eigenvalue weighted by Crippen LogP contribution is -2.48. The maximum absolute atomic E-state index is 10.7. The minimum atomic E-state index is -1.02. The van der Waals surface area contributed by atoms with E-state index in [9.17, 15) is 4.79 Å². The van der Waals surface area contributed by atoms with Crippen molar-refractivity contribution in [3.05, 3.63) is 36.7 Å². The second kappa shape index (κ2) is 8.58. The van der Waals surface area contributed by atoms with E-state index in [1.165, 1.54) is 0 Å². The smallest absolute Gasteiger partial charge is 0.404 e. The second-order valence-corrected chi connectivity index (χ2v) is 8.10. The summed E-state index contributed by atoms with van der Waals surface area (Å²) in [5.41, 5.74) is 2.02. The van der Waals surface area contributed by atoms with Crippen molar-refractivity contribution in [3.8, 4) is 17.3 Å². The summed E-state index contributed by atoms with van der Waals surface area (Å²) in [5, 5.41) is 25.8. The number of furan rings is 1. The first-order chi connectivity index (χ1) is 16.0. The second-order valence-electron chi connectivity index (χ2n) is 8.10. The van der Waals surface area contributed by atoms with E-state index in [1.54, 1.807) is 23.0 Å². The monoisotopic (exact) mass is 452 g/mol. The summed E-state index contributed by atoms with van der Waals surface area (Å²) in [7, 11) is 1.93. The normalized spacial score (nSPS) is 17.8. The highest BCUT2D eigenvalue weighted by atomic mass is 16.5. The topological polar surface area (TPSA) is 138 Å². The largest absolute Gasteiger partial charge is 0.473 e. The van der Waals surface area contributed by atoms with Crippen molar-refractivity contribution in [2.24, 2.45) is 0 Å². The summed E-state index contributed by atoms with van der Waals surface area (Å²) in [5.74, 6) is 1.81. The number of aliphatic hydroxyl groups is 1. The molecule has 33 heavy (non-hydrogen) atoms. The van der Waals surface area contributed by atoms with Gasteiger partial charge < -0.3 is 29.6 Å². The number of amides is 1. The molecule has 1 aliphatic carbocycles. The molecule has 0 aromatic carbocycles. The molecular weight excluding hydrogens is 428 g/mol. The van der Waals surface area contributed by atoms with Crippen molar-refractivity contribution in [3.63, 3.8) is 0 Å². The van der Waals surface area contributed by atoms with Crippen molar-refractivity contribution in [2.75, 3.05) is 25.1 Å². The van der Waals surface area contributed by atoms with Crippen LogP contribution in [0.15, 0.2) is 41.1 Å². The van der Waals surface area contributed by atoms with Gasteiger partial charge in [-0.2, -0.15) is 0 Å². The summed E-state index contributed by atoms with van der Waals surface area (Å²) in [6, 6.07) is 7.20. The van der Waals surface area contributed by atoms with E-state index < -0.39 is 6.09 Å². The van der Waals surface area contributed by atoms with Crippen LogP contribution in [0.2, 0.25) is 0 Å². The third kappa shape index (κ3) is 4.14. The zero-order valence-electron chi connectivity index (χ0n) is 18.0. The van der Waals surface area contributed by atoms with Crippen molar-refractivity contribution in [2.45, 2.75) is 31.4 Å². The molecule has 11 nitrogen and oxygen atoms in total. The highest BCUT2D eigenvalue weighted by molar-refractivity contribution is 5.91. The van der Waals surface area contributed by atoms with Gasteiger partial charge in [0.15, 0.2) is 11.4 Å². The molecule has 0 aliphatic heterocycles. The lowest BCUT2D eigenvalue weighted by molar-refractivity contribution is 0.0782. The van der Waals surface area contributed by atoms with Crippen LogP contribution in [-0.4, -0.2) is 68.2 Å². The number of hydrogen-bond donors (Lipinski definition) is 3. The quantitative estimate of drug-likeness (QED) is 0.368. The predicted molar refractivity (Wildman–Crippen MR) is 120 cm³/mol. The number of carbonyl (C=O) groups is 1. The molecule has 5 rings (SSSR count). The fraction of sp³-hybridized carbons (Fsp3) is 0.364. The molecule has 0 unspecified atom stereocenters. The molecule has 4 aromatic heterocycles. The number of nitrogens with one attached hydrogen (secondary N) is 1. The molecule has 1 fully saturated rings. The van der Waals surface area contributed by atoms with Gasteiger partial charge in [0, 0.05) is 51.3 Å². The Morgan fingerprint density at radius 1 is 1.33 bits per heavy atom. The molecule has 1 amide bonds. The Morgan fingerprint density at radius 2 is 2.18 bits per heavy atom. The SMILES string of the molecule is CN(CCCO)c1nccc2oc(-c3cnc4ccc(O[C@H]5C[C@H](NC(=O)O)C5)nn34)cc12. The lowest BCUT2D eigenvalue weighted by Gasteiger charge is -2.34. The molecule has 172 valence electrons. The number of ether oxygens (including phenoxy) is 1. The van der Waals surface area contributed by atoms with Gasteiger partial charge in [-0.05, 0) is 24.6 Å². The Balaban J connectivity index is 1.41. The van der Waals surface area contributed by atoms with Crippen LogP contribution in [0.1, 0.15) is 19.3 Å². The van der Waals surface area contributed by atoms with Crippen LogP contribution >= 0.6 is 0 Å². The Hall–Kier alpha value is -3.86. The Bertz CT molecular complexity index is 1300. The highest BCUT2D eigenvalue weighted by Crippen LogP contribution is 2.33. The minimum absolute atomic E-state index is 0.0890. The van der Waals surface area contributed by atoms with E-state index in [2.05, 4.69) is 20.4 Å². The molecular formula is C22H24N6O5. The van der Waals surface area contributed by atoms with Crippen LogP contribution in [0, 0.1) is 0 Å². The Morgan fingerprint density at radius 3 is 2.97 bits per heavy atom. The summed E-state index contributed by atoms with van der Waals surface area (Å²) in [6.07, 6.45) is 4.13. The van der Waals surface area contributed by atoms with E-state index in [-0.39, 0.29) is 18.8 Å². The average Bonchev–Trinajstić information content (AvgIpc) is 3.39. The average molecular weight is 452 g/mol. The third-order valence-electron chi connectivity index (χ3n) is 5.74. The first kappa shape index (κ1) is 21.0. The molecule has 4 heterocycles. The molecule has 0 atom stereocenters. The molecule has 3 N–H and O–H groups in total. The van der Waals surface area contributed by atoms with Gasteiger partial charge in [-0.15, -0.1) is 5.10 Å². The van der Waals surface area contributed by atoms with Crippen LogP contribution in [0.5, 0.6) is 5.88 Å². The zero-order chi connectivity index (χ0) is 22.9. The Labute approximate surface area is 188 Å². The molecule has 4 aromatic rings. The van der Waals surface area contributed by atoms with E-state index in [4.69, 9.17) is 19.4 Å². The molecule has 1 saturated carbocycles. The molecule has 0 spiro atoms. The fourth-order valence-corrected chi connectivity index (χ4v) is 4.01. The minimum Gasteiger partial charge on any atom is -0.473 e. The number of hydrogen-bond acceptors (Lipinski definition) is 8. The van der Waals surface area contributed by atoms with Gasteiger partial charge in [0.1, 0.15) is 23.2 Å². The van der Waals surface area contributed by atoms with Crippen LogP contribution < -0.4 is 15.0 Å². The number of imidazole rings is 1. The number of carboxylic acid groups (broad SMARTS) is 1. The number of nitrogens with zero attached hydrogens (tertiary/aromatic N) is 5. The van der Waals surface area contributed by atoms with Gasteiger partial charge in [0.25, 0.3) is 0 Å². The predicted octanol–water partition coefficient (Wildman–Crippen LogP) is 2.53. The first-order valence-electron chi connectivity index (χ1n) is 10.7. The van der Waals surface area contributed by atoms with Crippen molar-refractivity contribution >= 4 is 28.5 Å². The van der Waals surface area contributed by atoms with E-state index in [0.717, 1.165) is 11.2 Å². The van der Waals surface area contributed by atoms with Crippen molar-refractivity contribution < 1.29 is 24.2 Å². The van der Waals surface area contributed by atoms with E-state index in [1.807, 2.05) is 30.1 Å². The van der Waals surface area contributed by atoms with Crippen molar-refractivity contribution in [1.29, 1.82) is 0 Å². The molecule has 1 aliphatic rings. The van der Waals surface area contributed by atoms with Gasteiger partial charge in [-0.3, -0.25) is 0 Å². The molecule has 0 radical (unpaired) electrons. The van der Waals surface area contributed by atoms with Crippen LogP contribution in [0.4, 0.5) is 10.6 Å². The van der Waals surface area contributed by atoms with E-state index in [0.29, 0.717) is 54.4 Å². The summed E-state index contributed by atoms with van der Waals surface area (Å²) in [6.45, 7) is 0.789. The van der Waals surface area contributed by atoms with Crippen LogP contribution in [-0.2, 0) is 0 Å². The maximum atomic E-state index is 10.7. The van der Waals surface area contributed by atoms with Crippen LogP contribution in [0.25, 0.3) is 28.1 Å². The molecule has 0 bridgehead atoms. The number of fused-ring (bicyclic) bond motifs is 2. The van der Waals surface area contributed by atoms with Gasteiger partial charge in [0.2, 0.25) is 5.88 Å². The number of anilines is 1. The molecule has 11 heteroatoms. The molecule has 0 saturated heterocycles. The third-order valence-corrected chi connectivity index (χ3v) is 5.74. The number of rotatable bonds is 8. The number of aromatic nitrogens is 4. The van der Waals surface area contributed by atoms with Crippen LogP contribution in [0.3, 0.4) is 0 Å². The van der Waals surface area contributed by atoms with Gasteiger partial charge in [-0.1, -0.05) is 0 Å². The standard InChI is InChI=1S/C22H24N6O5/c1-27(7-2-8-29)21-15-11-18(33-17(15)5-6-23-21)16-12-24-19-3-4-20(26-28(16)19)32-14-9-13(10-14)25-22(30)31/h3-6,11-14,25,29H,2,7-10H2,1H3,(H,30,31)/t13-,14-. The number of aliphatic hydroxyl groups excluding tert-OH is 1. The lowest BCUT2D eigenvalue weighted by atomic mass is 9.89. The van der Waals surface area contributed by atoms with Gasteiger partial charge in [0.05, 0.1) is 11.6 Å². The zero-order valence-corrected chi connectivity index (χ0v) is 18.0. The summed E-state index contributed by atoms with van der Waals surface area (Å²) >= 11 is 0. The summed E-state index contributed by atoms with van der Waals surface area (Å²) < 4.78 is 13.7. The number of pyridine rings is 1. The first-order valence-corrected chi connectivity index (χ1v) is 10.7. The van der Waals surface area contributed by atoms with Gasteiger partial charge in [-0.25, -0.2) is 19.3 Å². The summed E-state index contributed by atoms with van der Waals surface area (Å²) in [4.78, 5) is 21.6. The maximum Gasteiger partial charge on any atom is 0.404 e. The fourth-order valence-electron chi connectivity index (χ4n) is 4.01. The highest BCUT2D eigenvalue weighted by Gasteiger charge is 2.32. The van der Waals surface area contributed by atoms with E-state index >= 15 is 0 Å². The Kier molecular flexibility index (Phi) is 5.47.